The predicted octanol–water partition coefficient (Wildman–Crippen LogP) is 4.30. The molecule has 0 unspecified atom stereocenters. The Morgan fingerprint density at radius 2 is 1.93 bits per heavy atom. The van der Waals surface area contributed by atoms with Gasteiger partial charge in [0.1, 0.15) is 5.15 Å². The van der Waals surface area contributed by atoms with Crippen molar-refractivity contribution < 1.29 is 4.79 Å². The van der Waals surface area contributed by atoms with E-state index in [2.05, 4.69) is 10.4 Å². The van der Waals surface area contributed by atoms with Crippen molar-refractivity contribution in [1.82, 2.24) is 20.0 Å². The van der Waals surface area contributed by atoms with Crippen molar-refractivity contribution in [2.24, 2.45) is 0 Å². The summed E-state index contributed by atoms with van der Waals surface area (Å²) in [6.45, 7) is 5.52. The van der Waals surface area contributed by atoms with Crippen molar-refractivity contribution in [3.8, 4) is 0 Å². The highest BCUT2D eigenvalue weighted by atomic mass is 35.5. The van der Waals surface area contributed by atoms with Crippen molar-refractivity contribution in [3.05, 3.63) is 50.2 Å². The summed E-state index contributed by atoms with van der Waals surface area (Å²) in [4.78, 5) is 13.5. The van der Waals surface area contributed by atoms with Crippen LogP contribution < -0.4 is 5.32 Å². The number of carbonyl (C=O) groups is 1. The van der Waals surface area contributed by atoms with E-state index in [0.717, 1.165) is 49.3 Å². The van der Waals surface area contributed by atoms with E-state index in [4.69, 9.17) is 34.8 Å². The van der Waals surface area contributed by atoms with Crippen molar-refractivity contribution >= 4 is 40.7 Å². The number of nitrogens with one attached hydrogen (secondary N) is 1. The summed E-state index contributed by atoms with van der Waals surface area (Å²) < 4.78 is 1.73. The molecule has 1 amide bonds. The minimum atomic E-state index is 0.272. The molecule has 1 fully saturated rings. The van der Waals surface area contributed by atoms with Crippen LogP contribution in [0.4, 0.5) is 0 Å². The summed E-state index contributed by atoms with van der Waals surface area (Å²) in [6, 6.07) is 5.43. The Balaban J connectivity index is 1.55. The van der Waals surface area contributed by atoms with E-state index in [1.54, 1.807) is 16.8 Å². The van der Waals surface area contributed by atoms with Crippen LogP contribution in [-0.4, -0.2) is 40.2 Å². The van der Waals surface area contributed by atoms with E-state index in [-0.39, 0.29) is 5.91 Å². The van der Waals surface area contributed by atoms with Gasteiger partial charge in [-0.15, -0.1) is 0 Å². The van der Waals surface area contributed by atoms with Crippen molar-refractivity contribution in [2.45, 2.75) is 39.3 Å². The van der Waals surface area contributed by atoms with E-state index >= 15 is 0 Å². The molecule has 5 nitrogen and oxygen atoms in total. The van der Waals surface area contributed by atoms with Gasteiger partial charge in [-0.2, -0.15) is 5.10 Å². The normalized spacial score (nSPS) is 14.4. The number of amides is 1. The maximum absolute atomic E-state index is 11.6. The molecule has 2 heterocycles. The van der Waals surface area contributed by atoms with Crippen LogP contribution in [-0.2, 0) is 17.9 Å². The Labute approximate surface area is 174 Å². The third-order valence-electron chi connectivity index (χ3n) is 4.81. The number of hydrogen-bond acceptors (Lipinski definition) is 3. The van der Waals surface area contributed by atoms with Gasteiger partial charge in [-0.05, 0) is 38.4 Å². The second-order valence-electron chi connectivity index (χ2n) is 6.73. The van der Waals surface area contributed by atoms with Gasteiger partial charge in [0.2, 0.25) is 5.91 Å². The minimum absolute atomic E-state index is 0.272. The Hall–Kier alpha value is -1.27. The number of hydrogen-bond donors (Lipinski definition) is 1. The number of nitrogens with zero attached hydrogens (tertiary/aromatic N) is 3. The molecule has 0 spiro atoms. The van der Waals surface area contributed by atoms with Crippen LogP contribution in [0.3, 0.4) is 0 Å². The standard InChI is InChI=1S/C19H23Cl3N4O/c1-13-14(11-23-8-4-10-25-9-3-7-18(25)27)19(22)26(24-13)12-15-16(20)5-2-6-17(15)21/h2,5-6,23H,3-4,7-12H2,1H3. The van der Waals surface area contributed by atoms with E-state index in [0.29, 0.717) is 34.7 Å². The Morgan fingerprint density at radius 3 is 2.59 bits per heavy atom. The van der Waals surface area contributed by atoms with Crippen LogP contribution in [0.25, 0.3) is 0 Å². The average Bonchev–Trinajstić information content (AvgIpc) is 3.15. The number of likely N-dealkylation sites (tertiary alicyclic amines) is 1. The van der Waals surface area contributed by atoms with Crippen LogP contribution in [0, 0.1) is 6.92 Å². The number of halogens is 3. The molecular weight excluding hydrogens is 407 g/mol. The van der Waals surface area contributed by atoms with Crippen LogP contribution in [0.15, 0.2) is 18.2 Å². The van der Waals surface area contributed by atoms with E-state index in [1.807, 2.05) is 17.9 Å². The maximum Gasteiger partial charge on any atom is 0.222 e. The number of rotatable bonds is 8. The summed E-state index contributed by atoms with van der Waals surface area (Å²) in [5, 5.41) is 9.72. The van der Waals surface area contributed by atoms with Gasteiger partial charge in [-0.25, -0.2) is 4.68 Å². The number of carbonyl (C=O) groups excluding carboxylic acids is 1. The van der Waals surface area contributed by atoms with Gasteiger partial charge in [0.05, 0.1) is 12.2 Å². The van der Waals surface area contributed by atoms with E-state index in [9.17, 15) is 4.79 Å². The quantitative estimate of drug-likeness (QED) is 0.636. The monoisotopic (exact) mass is 428 g/mol. The molecular formula is C19H23Cl3N4O. The highest BCUT2D eigenvalue weighted by Gasteiger charge is 2.19. The molecule has 0 atom stereocenters. The van der Waals surface area contributed by atoms with Crippen molar-refractivity contribution in [1.29, 1.82) is 0 Å². The molecule has 8 heteroatoms. The molecule has 1 aromatic carbocycles. The predicted molar refractivity (Wildman–Crippen MR) is 110 cm³/mol. The van der Waals surface area contributed by atoms with E-state index < -0.39 is 0 Å². The molecule has 2 aromatic rings. The van der Waals surface area contributed by atoms with E-state index in [1.165, 1.54) is 0 Å². The second-order valence-corrected chi connectivity index (χ2v) is 7.90. The molecule has 1 aliphatic heterocycles. The summed E-state index contributed by atoms with van der Waals surface area (Å²) in [7, 11) is 0. The van der Waals surface area contributed by atoms with Crippen LogP contribution in [0.2, 0.25) is 15.2 Å². The Bertz CT molecular complexity index is 801. The lowest BCUT2D eigenvalue weighted by atomic mass is 10.2. The van der Waals surface area contributed by atoms with Gasteiger partial charge < -0.3 is 10.2 Å². The van der Waals surface area contributed by atoms with Gasteiger partial charge in [-0.3, -0.25) is 4.79 Å². The first-order valence-electron chi connectivity index (χ1n) is 9.10. The summed E-state index contributed by atoms with van der Waals surface area (Å²) >= 11 is 19.0. The minimum Gasteiger partial charge on any atom is -0.343 e. The highest BCUT2D eigenvalue weighted by Crippen LogP contribution is 2.27. The number of benzene rings is 1. The van der Waals surface area contributed by atoms with Crippen LogP contribution in [0.5, 0.6) is 0 Å². The first-order valence-corrected chi connectivity index (χ1v) is 10.2. The van der Waals surface area contributed by atoms with Crippen LogP contribution in [0.1, 0.15) is 36.1 Å². The van der Waals surface area contributed by atoms with Gasteiger partial charge in [0.25, 0.3) is 0 Å². The van der Waals surface area contributed by atoms with Gasteiger partial charge in [0.15, 0.2) is 0 Å². The van der Waals surface area contributed by atoms with Crippen LogP contribution >= 0.6 is 34.8 Å². The highest BCUT2D eigenvalue weighted by molar-refractivity contribution is 6.36. The second kappa shape index (κ2) is 9.28. The Morgan fingerprint density at radius 1 is 1.19 bits per heavy atom. The fourth-order valence-corrected chi connectivity index (χ4v) is 4.10. The summed E-state index contributed by atoms with van der Waals surface area (Å²) in [5.74, 6) is 0.272. The Kier molecular flexibility index (Phi) is 7.04. The fourth-order valence-electron chi connectivity index (χ4n) is 3.28. The zero-order valence-electron chi connectivity index (χ0n) is 15.3. The zero-order valence-corrected chi connectivity index (χ0v) is 17.5. The molecule has 1 aromatic heterocycles. The molecule has 146 valence electrons. The molecule has 0 bridgehead atoms. The lowest BCUT2D eigenvalue weighted by molar-refractivity contribution is -0.127. The zero-order chi connectivity index (χ0) is 19.4. The molecule has 0 aliphatic carbocycles. The largest absolute Gasteiger partial charge is 0.343 e. The molecule has 0 saturated carbocycles. The smallest absolute Gasteiger partial charge is 0.222 e. The lowest BCUT2D eigenvalue weighted by Gasteiger charge is -2.15. The number of aryl methyl sites for hydroxylation is 1. The molecule has 1 saturated heterocycles. The molecule has 27 heavy (non-hydrogen) atoms. The van der Waals surface area contributed by atoms with Gasteiger partial charge in [-0.1, -0.05) is 40.9 Å². The van der Waals surface area contributed by atoms with Crippen molar-refractivity contribution in [2.75, 3.05) is 19.6 Å². The average molecular weight is 430 g/mol. The third-order valence-corrected chi connectivity index (χ3v) is 5.94. The first kappa shape index (κ1) is 20.5. The lowest BCUT2D eigenvalue weighted by Crippen LogP contribution is -2.28. The summed E-state index contributed by atoms with van der Waals surface area (Å²) in [5.41, 5.74) is 2.66. The fraction of sp³-hybridized carbons (Fsp3) is 0.474. The third kappa shape index (κ3) is 4.96. The summed E-state index contributed by atoms with van der Waals surface area (Å²) in [6.07, 6.45) is 2.60. The molecule has 0 radical (unpaired) electrons. The maximum atomic E-state index is 11.6. The van der Waals surface area contributed by atoms with Gasteiger partial charge >= 0.3 is 0 Å². The SMILES string of the molecule is Cc1nn(Cc2c(Cl)cccc2Cl)c(Cl)c1CNCCCN1CCCC1=O. The molecule has 1 aliphatic rings. The number of aromatic nitrogens is 2. The molecule has 3 rings (SSSR count). The van der Waals surface area contributed by atoms with Crippen molar-refractivity contribution in [3.63, 3.8) is 0 Å². The first-order chi connectivity index (χ1) is 13.0. The molecule has 1 N–H and O–H groups in total. The topological polar surface area (TPSA) is 50.2 Å². The van der Waals surface area contributed by atoms with Gasteiger partial charge in [0, 0.05) is 47.2 Å².